The molecule has 2 aliphatic rings. The first-order chi connectivity index (χ1) is 15.8. The summed E-state index contributed by atoms with van der Waals surface area (Å²) in [6, 6.07) is 15.1. The summed E-state index contributed by atoms with van der Waals surface area (Å²) in [5.41, 5.74) is -0.205. The van der Waals surface area contributed by atoms with Crippen molar-refractivity contribution in [1.29, 1.82) is 0 Å². The zero-order valence-electron chi connectivity index (χ0n) is 16.6. The van der Waals surface area contributed by atoms with E-state index in [1.807, 2.05) is 0 Å². The summed E-state index contributed by atoms with van der Waals surface area (Å²) in [6.45, 7) is 0. The number of rotatable bonds is 1. The second-order valence-corrected chi connectivity index (χ2v) is 8.29. The molecule has 4 aromatic carbocycles. The quantitative estimate of drug-likeness (QED) is 0.336. The first kappa shape index (κ1) is 19.5. The number of fused-ring (bicyclic) bond motifs is 8. The Labute approximate surface area is 191 Å². The molecule has 0 fully saturated rings. The van der Waals surface area contributed by atoms with E-state index in [-0.39, 0.29) is 33.4 Å². The Morgan fingerprint density at radius 3 is 2.52 bits per heavy atom. The Kier molecular flexibility index (Phi) is 3.77. The Balaban J connectivity index is 1.77. The topological polar surface area (TPSA) is 113 Å². The van der Waals surface area contributed by atoms with Crippen LogP contribution in [0, 0.1) is 0 Å². The van der Waals surface area contributed by atoms with E-state index in [0.717, 1.165) is 0 Å². The van der Waals surface area contributed by atoms with Crippen LogP contribution in [-0.2, 0) is 10.3 Å². The molecule has 7 nitrogen and oxygen atoms in total. The molecule has 0 saturated carbocycles. The van der Waals surface area contributed by atoms with E-state index in [2.05, 4.69) is 0 Å². The molecule has 1 spiro atoms. The molecule has 0 amide bonds. The fourth-order valence-corrected chi connectivity index (χ4v) is 4.79. The largest absolute Gasteiger partial charge is 0.508 e. The monoisotopic (exact) mass is 460 g/mol. The van der Waals surface area contributed by atoms with Crippen LogP contribution in [0.1, 0.15) is 37.4 Å². The third-order valence-corrected chi connectivity index (χ3v) is 6.39. The Morgan fingerprint density at radius 2 is 1.73 bits per heavy atom. The number of halogens is 1. The number of phenolic OH excluding ortho intramolecular Hbond substituents is 2. The number of carboxylic acids is 1. The molecule has 0 aromatic heterocycles. The number of carboxylic acid groups (broad SMARTS) is 1. The van der Waals surface area contributed by atoms with Gasteiger partial charge in [-0.1, -0.05) is 17.7 Å². The van der Waals surface area contributed by atoms with Gasteiger partial charge in [0.05, 0.1) is 16.1 Å². The molecule has 0 aliphatic carbocycles. The van der Waals surface area contributed by atoms with Crippen LogP contribution in [0.5, 0.6) is 23.0 Å². The predicted molar refractivity (Wildman–Crippen MR) is 118 cm³/mol. The first-order valence-corrected chi connectivity index (χ1v) is 10.3. The van der Waals surface area contributed by atoms with Crippen molar-refractivity contribution in [2.45, 2.75) is 5.60 Å². The van der Waals surface area contributed by atoms with Crippen molar-refractivity contribution in [1.82, 2.24) is 0 Å². The summed E-state index contributed by atoms with van der Waals surface area (Å²) >= 11 is 6.22. The summed E-state index contributed by atoms with van der Waals surface area (Å²) in [5, 5.41) is 31.0. The Morgan fingerprint density at radius 1 is 0.909 bits per heavy atom. The summed E-state index contributed by atoms with van der Waals surface area (Å²) in [5.74, 6) is -1.39. The number of ether oxygens (including phenoxy) is 2. The number of esters is 1. The van der Waals surface area contributed by atoms with Gasteiger partial charge in [0.1, 0.15) is 23.0 Å². The van der Waals surface area contributed by atoms with E-state index in [4.69, 9.17) is 21.1 Å². The number of aromatic hydroxyl groups is 2. The molecule has 0 saturated heterocycles. The van der Waals surface area contributed by atoms with Crippen LogP contribution in [0.25, 0.3) is 10.8 Å². The predicted octanol–water partition coefficient (Wildman–Crippen LogP) is 5.17. The van der Waals surface area contributed by atoms with E-state index in [9.17, 15) is 24.9 Å². The minimum atomic E-state index is -1.55. The lowest BCUT2D eigenvalue weighted by atomic mass is 9.76. The lowest BCUT2D eigenvalue weighted by Gasteiger charge is -2.37. The van der Waals surface area contributed by atoms with Crippen LogP contribution in [0.15, 0.2) is 60.7 Å². The highest BCUT2D eigenvalue weighted by atomic mass is 35.5. The average molecular weight is 461 g/mol. The van der Waals surface area contributed by atoms with Crippen LogP contribution in [-0.4, -0.2) is 27.3 Å². The Hall–Kier alpha value is -4.23. The van der Waals surface area contributed by atoms with E-state index in [1.165, 1.54) is 36.4 Å². The van der Waals surface area contributed by atoms with Crippen molar-refractivity contribution in [3.05, 3.63) is 93.5 Å². The van der Waals surface area contributed by atoms with E-state index >= 15 is 0 Å². The number of phenols is 2. The number of carbonyl (C=O) groups is 2. The maximum absolute atomic E-state index is 13.0. The van der Waals surface area contributed by atoms with Crippen LogP contribution in [0.3, 0.4) is 0 Å². The zero-order valence-corrected chi connectivity index (χ0v) is 17.4. The van der Waals surface area contributed by atoms with Gasteiger partial charge < -0.3 is 24.8 Å². The molecule has 3 N–H and O–H groups in total. The van der Waals surface area contributed by atoms with Crippen molar-refractivity contribution >= 4 is 34.3 Å². The summed E-state index contributed by atoms with van der Waals surface area (Å²) in [7, 11) is 0. The average Bonchev–Trinajstić information content (AvgIpc) is 3.07. The smallest absolute Gasteiger partial charge is 0.340 e. The normalized spacial score (nSPS) is 17.8. The van der Waals surface area contributed by atoms with Crippen molar-refractivity contribution in [2.24, 2.45) is 0 Å². The number of hydrogen-bond acceptors (Lipinski definition) is 6. The molecule has 6 rings (SSSR count). The van der Waals surface area contributed by atoms with Crippen LogP contribution < -0.4 is 4.74 Å². The standard InChI is InChI=1S/C25H13ClO7/c26-19-9-18-21(10-20(19)28)32-22-14-5-3-13(27)7-11(14)2-6-16(22)25(18)17-8-12(23(29)30)1-4-15(17)24(31)33-25/h1-10,27-28H,(H,29,30). The zero-order chi connectivity index (χ0) is 23.1. The Bertz CT molecular complexity index is 1560. The van der Waals surface area contributed by atoms with Crippen molar-refractivity contribution in [2.75, 3.05) is 0 Å². The molecular formula is C25H13ClO7. The number of carbonyl (C=O) groups excluding carboxylic acids is 1. The van der Waals surface area contributed by atoms with Gasteiger partial charge in [-0.3, -0.25) is 0 Å². The lowest BCUT2D eigenvalue weighted by Crippen LogP contribution is -2.33. The molecule has 0 radical (unpaired) electrons. The van der Waals surface area contributed by atoms with E-state index in [0.29, 0.717) is 33.2 Å². The maximum Gasteiger partial charge on any atom is 0.340 e. The second kappa shape index (κ2) is 6.40. The summed E-state index contributed by atoms with van der Waals surface area (Å²) in [6.07, 6.45) is 0. The number of aromatic carboxylic acids is 1. The number of benzene rings is 4. The highest BCUT2D eigenvalue weighted by molar-refractivity contribution is 6.32. The third kappa shape index (κ3) is 2.51. The third-order valence-electron chi connectivity index (χ3n) is 6.09. The molecule has 1 unspecified atom stereocenters. The van der Waals surface area contributed by atoms with Crippen LogP contribution in [0.4, 0.5) is 0 Å². The summed E-state index contributed by atoms with van der Waals surface area (Å²) < 4.78 is 12.2. The van der Waals surface area contributed by atoms with Crippen LogP contribution in [0.2, 0.25) is 5.02 Å². The first-order valence-electron chi connectivity index (χ1n) is 9.88. The van der Waals surface area contributed by atoms with E-state index < -0.39 is 17.5 Å². The van der Waals surface area contributed by atoms with Gasteiger partial charge in [0.2, 0.25) is 0 Å². The molecule has 2 heterocycles. The fraction of sp³-hybridized carbons (Fsp3) is 0.0400. The lowest BCUT2D eigenvalue weighted by molar-refractivity contribution is 0.0225. The molecule has 4 aromatic rings. The summed E-state index contributed by atoms with van der Waals surface area (Å²) in [4.78, 5) is 24.7. The molecule has 2 aliphatic heterocycles. The van der Waals surface area contributed by atoms with Gasteiger partial charge in [-0.2, -0.15) is 0 Å². The highest BCUT2D eigenvalue weighted by Gasteiger charge is 2.54. The minimum absolute atomic E-state index is 0.0170. The van der Waals surface area contributed by atoms with Gasteiger partial charge in [-0.25, -0.2) is 9.59 Å². The van der Waals surface area contributed by atoms with Gasteiger partial charge in [-0.05, 0) is 53.9 Å². The van der Waals surface area contributed by atoms with Gasteiger partial charge in [0, 0.05) is 28.1 Å². The molecule has 0 bridgehead atoms. The number of hydrogen-bond donors (Lipinski definition) is 3. The van der Waals surface area contributed by atoms with Crippen LogP contribution >= 0.6 is 11.6 Å². The molecular weight excluding hydrogens is 448 g/mol. The molecule has 8 heteroatoms. The van der Waals surface area contributed by atoms with Gasteiger partial charge in [0.15, 0.2) is 5.60 Å². The van der Waals surface area contributed by atoms with Crippen molar-refractivity contribution in [3.63, 3.8) is 0 Å². The maximum atomic E-state index is 13.0. The fourth-order valence-electron chi connectivity index (χ4n) is 4.63. The van der Waals surface area contributed by atoms with Gasteiger partial charge >= 0.3 is 11.9 Å². The van der Waals surface area contributed by atoms with Crippen molar-refractivity contribution in [3.8, 4) is 23.0 Å². The second-order valence-electron chi connectivity index (χ2n) is 7.89. The van der Waals surface area contributed by atoms with Gasteiger partial charge in [-0.15, -0.1) is 0 Å². The van der Waals surface area contributed by atoms with Gasteiger partial charge in [0.25, 0.3) is 0 Å². The molecule has 33 heavy (non-hydrogen) atoms. The van der Waals surface area contributed by atoms with Crippen molar-refractivity contribution < 1.29 is 34.4 Å². The van der Waals surface area contributed by atoms with E-state index in [1.54, 1.807) is 24.3 Å². The molecule has 162 valence electrons. The minimum Gasteiger partial charge on any atom is -0.508 e. The SMILES string of the molecule is O=C(O)c1ccc2c(c1)C1(OC2=O)c2cc(Cl)c(O)cc2Oc2c1ccc1cc(O)ccc21. The highest BCUT2D eigenvalue weighted by Crippen LogP contribution is 2.58. The molecule has 1 atom stereocenters.